The summed E-state index contributed by atoms with van der Waals surface area (Å²) in [7, 11) is -2.38. The van der Waals surface area contributed by atoms with Crippen LogP contribution in [0.3, 0.4) is 0 Å². The zero-order chi connectivity index (χ0) is 29.3. The fourth-order valence-electron chi connectivity index (χ4n) is 3.78. The van der Waals surface area contributed by atoms with Gasteiger partial charge in [0.1, 0.15) is 5.60 Å². The van der Waals surface area contributed by atoms with E-state index in [1.54, 1.807) is 0 Å². The van der Waals surface area contributed by atoms with Gasteiger partial charge in [0.05, 0.1) is 44.4 Å². The summed E-state index contributed by atoms with van der Waals surface area (Å²) >= 11 is 0. The molecule has 0 aliphatic heterocycles. The lowest BCUT2D eigenvalue weighted by molar-refractivity contribution is -0.0787. The molecule has 3 aromatic carbocycles. The molecule has 0 aliphatic rings. The van der Waals surface area contributed by atoms with Crippen molar-refractivity contribution >= 4 is 27.5 Å². The van der Waals surface area contributed by atoms with Gasteiger partial charge in [0, 0.05) is 18.2 Å². The largest absolute Gasteiger partial charge is 0.393 e. The van der Waals surface area contributed by atoms with Gasteiger partial charge < -0.3 is 25.6 Å². The third-order valence-corrected chi connectivity index (χ3v) is 7.51. The number of nitrogens with zero attached hydrogens (tertiary/aromatic N) is 1. The number of carbonyl (C=O) groups is 2. The first-order valence-corrected chi connectivity index (χ1v) is 14.4. The van der Waals surface area contributed by atoms with E-state index in [4.69, 9.17) is 4.74 Å². The topological polar surface area (TPSA) is 145 Å². The van der Waals surface area contributed by atoms with E-state index in [9.17, 15) is 28.2 Å². The van der Waals surface area contributed by atoms with Crippen LogP contribution in [0.5, 0.6) is 0 Å². The second-order valence-corrected chi connectivity index (χ2v) is 11.7. The van der Waals surface area contributed by atoms with Gasteiger partial charge in [-0.3, -0.25) is 13.9 Å². The first-order chi connectivity index (χ1) is 18.9. The highest BCUT2D eigenvalue weighted by molar-refractivity contribution is 7.92. The predicted molar refractivity (Wildman–Crippen MR) is 152 cm³/mol. The van der Waals surface area contributed by atoms with Crippen LogP contribution in [0.2, 0.25) is 0 Å². The highest BCUT2D eigenvalue weighted by Gasteiger charge is 2.28. The lowest BCUT2D eigenvalue weighted by Crippen LogP contribution is -2.49. The minimum absolute atomic E-state index is 0.00370. The van der Waals surface area contributed by atoms with Crippen LogP contribution in [0.4, 0.5) is 5.69 Å². The Morgan fingerprint density at radius 2 is 1.55 bits per heavy atom. The van der Waals surface area contributed by atoms with Crippen LogP contribution >= 0.6 is 0 Å². The number of carbonyl (C=O) groups excluding carboxylic acids is 2. The molecule has 0 spiro atoms. The summed E-state index contributed by atoms with van der Waals surface area (Å²) in [5.74, 6) is -1.18. The number of aliphatic hydroxyl groups excluding tert-OH is 1. The first-order valence-electron chi connectivity index (χ1n) is 12.6. The van der Waals surface area contributed by atoms with Crippen molar-refractivity contribution in [3.8, 4) is 0 Å². The van der Waals surface area contributed by atoms with E-state index in [2.05, 4.69) is 10.6 Å². The van der Waals surface area contributed by atoms with Crippen molar-refractivity contribution in [1.82, 2.24) is 10.6 Å². The summed E-state index contributed by atoms with van der Waals surface area (Å²) in [5.41, 5.74) is 0.163. The van der Waals surface area contributed by atoms with Crippen molar-refractivity contribution in [3.63, 3.8) is 0 Å². The number of rotatable bonds is 13. The second-order valence-electron chi connectivity index (χ2n) is 9.65. The van der Waals surface area contributed by atoms with Crippen molar-refractivity contribution in [3.05, 3.63) is 101 Å². The molecule has 40 heavy (non-hydrogen) atoms. The Morgan fingerprint density at radius 1 is 0.975 bits per heavy atom. The van der Waals surface area contributed by atoms with Crippen LogP contribution < -0.4 is 14.9 Å². The fourth-order valence-corrected chi connectivity index (χ4v) is 4.27. The molecule has 3 rings (SSSR count). The molecule has 0 radical (unpaired) electrons. The maximum atomic E-state index is 13.1. The zero-order valence-corrected chi connectivity index (χ0v) is 23.5. The van der Waals surface area contributed by atoms with Gasteiger partial charge in [-0.15, -0.1) is 0 Å². The molecule has 214 valence electrons. The smallest absolute Gasteiger partial charge is 0.251 e. The van der Waals surface area contributed by atoms with Gasteiger partial charge >= 0.3 is 0 Å². The molecule has 0 saturated heterocycles. The summed E-state index contributed by atoms with van der Waals surface area (Å²) in [6, 6.07) is 22.3. The molecule has 10 nitrogen and oxygen atoms in total. The van der Waals surface area contributed by atoms with Gasteiger partial charge in [0.25, 0.3) is 11.8 Å². The molecule has 0 heterocycles. The van der Waals surface area contributed by atoms with Gasteiger partial charge in [0.15, 0.2) is 0 Å². The lowest BCUT2D eigenvalue weighted by Gasteiger charge is -2.26. The quantitative estimate of drug-likeness (QED) is 0.247. The van der Waals surface area contributed by atoms with E-state index < -0.39 is 34.0 Å². The highest BCUT2D eigenvalue weighted by atomic mass is 32.2. The number of aliphatic hydroxyl groups is 2. The van der Waals surface area contributed by atoms with Crippen molar-refractivity contribution in [2.24, 2.45) is 0 Å². The molecule has 0 bridgehead atoms. The first kappa shape index (κ1) is 30.8. The fraction of sp³-hybridized carbons (Fsp3) is 0.310. The van der Waals surface area contributed by atoms with Gasteiger partial charge in [0.2, 0.25) is 10.0 Å². The summed E-state index contributed by atoms with van der Waals surface area (Å²) in [6.45, 7) is 0.736. The van der Waals surface area contributed by atoms with Crippen LogP contribution in [0.1, 0.15) is 44.8 Å². The summed E-state index contributed by atoms with van der Waals surface area (Å²) in [4.78, 5) is 26.2. The number of hydrogen-bond donors (Lipinski definition) is 4. The number of sulfonamides is 1. The Balaban J connectivity index is 1.77. The second kappa shape index (κ2) is 13.5. The van der Waals surface area contributed by atoms with Crippen molar-refractivity contribution in [2.75, 3.05) is 37.4 Å². The highest BCUT2D eigenvalue weighted by Crippen LogP contribution is 2.22. The molecular weight excluding hydrogens is 534 g/mol. The SMILES string of the molecule is C[C@@H](NC(=O)c1cc(C(=O)NCC(O)(CO)COCc2ccccc2)cc(N(C)S(C)(=O)=O)c1)c1ccccc1. The van der Waals surface area contributed by atoms with Crippen molar-refractivity contribution in [1.29, 1.82) is 0 Å². The Kier molecular flexibility index (Phi) is 10.4. The Bertz CT molecular complexity index is 1400. The van der Waals surface area contributed by atoms with Gasteiger partial charge in [-0.1, -0.05) is 60.7 Å². The number of hydrogen-bond acceptors (Lipinski definition) is 7. The molecule has 1 unspecified atom stereocenters. The van der Waals surface area contributed by atoms with Crippen LogP contribution in [-0.2, 0) is 21.4 Å². The third kappa shape index (κ3) is 8.62. The van der Waals surface area contributed by atoms with Crippen LogP contribution in [0.15, 0.2) is 78.9 Å². The predicted octanol–water partition coefficient (Wildman–Crippen LogP) is 2.24. The number of anilines is 1. The number of benzene rings is 3. The third-order valence-electron chi connectivity index (χ3n) is 6.31. The Labute approximate surface area is 234 Å². The average Bonchev–Trinajstić information content (AvgIpc) is 2.95. The molecule has 4 N–H and O–H groups in total. The Morgan fingerprint density at radius 3 is 2.12 bits per heavy atom. The van der Waals surface area contributed by atoms with E-state index in [0.29, 0.717) is 0 Å². The van der Waals surface area contributed by atoms with Crippen LogP contribution in [-0.4, -0.2) is 69.1 Å². The van der Waals surface area contributed by atoms with E-state index in [1.165, 1.54) is 25.2 Å². The minimum Gasteiger partial charge on any atom is -0.393 e. The number of amides is 2. The van der Waals surface area contributed by atoms with Crippen LogP contribution in [0.25, 0.3) is 0 Å². The maximum Gasteiger partial charge on any atom is 0.251 e. The number of nitrogens with one attached hydrogen (secondary N) is 2. The molecule has 2 amide bonds. The molecule has 3 aromatic rings. The zero-order valence-electron chi connectivity index (χ0n) is 22.7. The molecule has 0 aliphatic carbocycles. The normalized spacial score (nSPS) is 13.6. The molecule has 0 fully saturated rings. The standard InChI is InChI=1S/C29H35N3O7S/c1-21(23-12-8-5-9-13-23)31-28(35)25-14-24(15-26(16-25)32(2)40(3,37)38)27(34)30-18-29(36,19-33)20-39-17-22-10-6-4-7-11-22/h4-16,21,33,36H,17-20H2,1-3H3,(H,30,34)(H,31,35)/t21-,29?/m1/s1. The minimum atomic E-state index is -3.70. The summed E-state index contributed by atoms with van der Waals surface area (Å²) < 4.78 is 30.9. The Hall–Kier alpha value is -3.77. The molecule has 2 atom stereocenters. The molecular formula is C29H35N3O7S. The molecule has 11 heteroatoms. The van der Waals surface area contributed by atoms with Gasteiger partial charge in [-0.25, -0.2) is 8.42 Å². The monoisotopic (exact) mass is 569 g/mol. The molecule has 0 aromatic heterocycles. The average molecular weight is 570 g/mol. The van der Waals surface area contributed by atoms with Crippen molar-refractivity contribution in [2.45, 2.75) is 25.2 Å². The maximum absolute atomic E-state index is 13.1. The van der Waals surface area contributed by atoms with Crippen LogP contribution in [0, 0.1) is 0 Å². The lowest BCUT2D eigenvalue weighted by atomic mass is 10.0. The summed E-state index contributed by atoms with van der Waals surface area (Å²) in [6.07, 6.45) is 1.01. The molecule has 0 saturated carbocycles. The van der Waals surface area contributed by atoms with E-state index in [1.807, 2.05) is 67.6 Å². The summed E-state index contributed by atoms with van der Waals surface area (Å²) in [5, 5.41) is 25.9. The number of ether oxygens (including phenoxy) is 1. The van der Waals surface area contributed by atoms with E-state index in [0.717, 1.165) is 21.7 Å². The van der Waals surface area contributed by atoms with Crippen molar-refractivity contribution < 1.29 is 33.0 Å². The van der Waals surface area contributed by atoms with Gasteiger partial charge in [-0.2, -0.15) is 0 Å². The van der Waals surface area contributed by atoms with E-state index >= 15 is 0 Å². The van der Waals surface area contributed by atoms with Gasteiger partial charge in [-0.05, 0) is 36.2 Å². The van der Waals surface area contributed by atoms with E-state index in [-0.39, 0.29) is 42.6 Å².